The predicted molar refractivity (Wildman–Crippen MR) is 81.8 cm³/mol. The highest BCUT2D eigenvalue weighted by atomic mass is 16.5. The van der Waals surface area contributed by atoms with Crippen LogP contribution >= 0.6 is 0 Å². The molecule has 0 saturated carbocycles. The van der Waals surface area contributed by atoms with Crippen molar-refractivity contribution in [3.8, 4) is 5.75 Å². The first-order valence-corrected chi connectivity index (χ1v) is 8.04. The van der Waals surface area contributed by atoms with E-state index in [4.69, 9.17) is 9.47 Å². The molecule has 0 amide bonds. The monoisotopic (exact) mass is 291 g/mol. The Bertz CT molecular complexity index is 457. The van der Waals surface area contributed by atoms with Crippen LogP contribution in [-0.4, -0.2) is 55.6 Å². The molecule has 2 aliphatic rings. The third-order valence-corrected chi connectivity index (χ3v) is 4.33. The van der Waals surface area contributed by atoms with Crippen molar-refractivity contribution in [2.24, 2.45) is 0 Å². The number of nitrogens with zero attached hydrogens (tertiary/aromatic N) is 1. The molecule has 1 N–H and O–H groups in total. The van der Waals surface area contributed by atoms with Crippen molar-refractivity contribution in [1.82, 2.24) is 4.90 Å². The normalized spacial score (nSPS) is 20.8. The van der Waals surface area contributed by atoms with Crippen LogP contribution in [0.3, 0.4) is 0 Å². The molecule has 4 nitrogen and oxygen atoms in total. The second kappa shape index (κ2) is 7.25. The summed E-state index contributed by atoms with van der Waals surface area (Å²) in [4.78, 5) is 2.23. The average Bonchev–Trinajstić information content (AvgIpc) is 2.54. The molecular weight excluding hydrogens is 266 g/mol. The molecule has 116 valence electrons. The van der Waals surface area contributed by atoms with Crippen LogP contribution in [0.5, 0.6) is 5.75 Å². The zero-order chi connectivity index (χ0) is 14.5. The molecule has 1 aliphatic carbocycles. The third kappa shape index (κ3) is 4.19. The molecule has 1 saturated heterocycles. The minimum atomic E-state index is -0.445. The summed E-state index contributed by atoms with van der Waals surface area (Å²) in [5.41, 5.74) is 2.88. The topological polar surface area (TPSA) is 41.9 Å². The second-order valence-corrected chi connectivity index (χ2v) is 6.02. The lowest BCUT2D eigenvalue weighted by Crippen LogP contribution is -2.42. The Labute approximate surface area is 126 Å². The van der Waals surface area contributed by atoms with E-state index in [1.165, 1.54) is 30.4 Å². The van der Waals surface area contributed by atoms with Crippen LogP contribution < -0.4 is 4.74 Å². The average molecular weight is 291 g/mol. The third-order valence-electron chi connectivity index (χ3n) is 4.33. The van der Waals surface area contributed by atoms with Crippen molar-refractivity contribution in [2.75, 3.05) is 39.5 Å². The van der Waals surface area contributed by atoms with Crippen LogP contribution in [0.1, 0.15) is 24.0 Å². The number of β-amino-alcohol motifs (C(OH)–C–C–N with tert-alkyl or cyclic N) is 1. The van der Waals surface area contributed by atoms with E-state index in [0.29, 0.717) is 13.2 Å². The Morgan fingerprint density at radius 1 is 1.14 bits per heavy atom. The summed E-state index contributed by atoms with van der Waals surface area (Å²) in [5, 5.41) is 10.1. The van der Waals surface area contributed by atoms with Crippen LogP contribution in [0.25, 0.3) is 0 Å². The first kappa shape index (κ1) is 14.8. The standard InChI is InChI=1S/C17H25NO3/c19-16(12-18-7-9-20-10-8-18)13-21-17-6-5-14-3-1-2-4-15(14)11-17/h5-6,11,16,19H,1-4,7-10,12-13H2. The number of hydrogen-bond donors (Lipinski definition) is 1. The summed E-state index contributed by atoms with van der Waals surface area (Å²) >= 11 is 0. The van der Waals surface area contributed by atoms with Crippen LogP contribution in [0, 0.1) is 0 Å². The van der Waals surface area contributed by atoms with Gasteiger partial charge in [-0.3, -0.25) is 4.90 Å². The lowest BCUT2D eigenvalue weighted by atomic mass is 9.92. The Balaban J connectivity index is 1.47. The van der Waals surface area contributed by atoms with Crippen molar-refractivity contribution in [3.63, 3.8) is 0 Å². The van der Waals surface area contributed by atoms with E-state index >= 15 is 0 Å². The summed E-state index contributed by atoms with van der Waals surface area (Å²) in [6, 6.07) is 6.36. The van der Waals surface area contributed by atoms with E-state index in [-0.39, 0.29) is 0 Å². The van der Waals surface area contributed by atoms with Crippen molar-refractivity contribution in [2.45, 2.75) is 31.8 Å². The van der Waals surface area contributed by atoms with Gasteiger partial charge in [-0.15, -0.1) is 0 Å². The zero-order valence-electron chi connectivity index (χ0n) is 12.6. The summed E-state index contributed by atoms with van der Waals surface area (Å²) in [6.45, 7) is 4.34. The second-order valence-electron chi connectivity index (χ2n) is 6.02. The van der Waals surface area contributed by atoms with Gasteiger partial charge in [0.05, 0.1) is 13.2 Å². The highest BCUT2D eigenvalue weighted by Gasteiger charge is 2.16. The van der Waals surface area contributed by atoms with E-state index in [1.807, 2.05) is 6.07 Å². The number of aliphatic hydroxyl groups is 1. The van der Waals surface area contributed by atoms with Gasteiger partial charge >= 0.3 is 0 Å². The number of rotatable bonds is 5. The minimum Gasteiger partial charge on any atom is -0.491 e. The van der Waals surface area contributed by atoms with Crippen LogP contribution in [0.15, 0.2) is 18.2 Å². The molecule has 1 heterocycles. The lowest BCUT2D eigenvalue weighted by molar-refractivity contribution is 0.00464. The van der Waals surface area contributed by atoms with Crippen molar-refractivity contribution >= 4 is 0 Å². The Kier molecular flexibility index (Phi) is 5.12. The van der Waals surface area contributed by atoms with Crippen LogP contribution in [-0.2, 0) is 17.6 Å². The molecule has 1 aromatic rings. The number of fused-ring (bicyclic) bond motifs is 1. The molecule has 0 aromatic heterocycles. The van der Waals surface area contributed by atoms with E-state index in [9.17, 15) is 5.11 Å². The molecule has 1 fully saturated rings. The van der Waals surface area contributed by atoms with Gasteiger partial charge in [0, 0.05) is 19.6 Å². The maximum atomic E-state index is 10.1. The van der Waals surface area contributed by atoms with Crippen molar-refractivity contribution in [3.05, 3.63) is 29.3 Å². The fourth-order valence-corrected chi connectivity index (χ4v) is 3.13. The fraction of sp³-hybridized carbons (Fsp3) is 0.647. The highest BCUT2D eigenvalue weighted by molar-refractivity contribution is 5.37. The largest absolute Gasteiger partial charge is 0.491 e. The predicted octanol–water partition coefficient (Wildman–Crippen LogP) is 1.64. The zero-order valence-corrected chi connectivity index (χ0v) is 12.6. The molecule has 21 heavy (non-hydrogen) atoms. The summed E-state index contributed by atoms with van der Waals surface area (Å²) in [6.07, 6.45) is 4.47. The van der Waals surface area contributed by atoms with Gasteiger partial charge in [-0.05, 0) is 48.9 Å². The van der Waals surface area contributed by atoms with Gasteiger partial charge in [0.1, 0.15) is 18.5 Å². The molecule has 0 radical (unpaired) electrons. The van der Waals surface area contributed by atoms with Crippen LogP contribution in [0.4, 0.5) is 0 Å². The first-order valence-electron chi connectivity index (χ1n) is 8.04. The Morgan fingerprint density at radius 2 is 1.90 bits per heavy atom. The number of hydrogen-bond acceptors (Lipinski definition) is 4. The molecule has 3 rings (SSSR count). The number of aliphatic hydroxyl groups excluding tert-OH is 1. The van der Waals surface area contributed by atoms with Gasteiger partial charge in [-0.1, -0.05) is 6.07 Å². The van der Waals surface area contributed by atoms with Gasteiger partial charge in [-0.2, -0.15) is 0 Å². The van der Waals surface area contributed by atoms with E-state index in [1.54, 1.807) is 0 Å². The van der Waals surface area contributed by atoms with Gasteiger partial charge in [0.2, 0.25) is 0 Å². The van der Waals surface area contributed by atoms with Crippen molar-refractivity contribution < 1.29 is 14.6 Å². The van der Waals surface area contributed by atoms with E-state index in [0.717, 1.165) is 38.5 Å². The Hall–Kier alpha value is -1.10. The van der Waals surface area contributed by atoms with Crippen molar-refractivity contribution in [1.29, 1.82) is 0 Å². The molecular formula is C17H25NO3. The molecule has 1 aromatic carbocycles. The smallest absolute Gasteiger partial charge is 0.119 e. The SMILES string of the molecule is OC(COc1ccc2c(c1)CCCC2)CN1CCOCC1. The van der Waals surface area contributed by atoms with Gasteiger partial charge < -0.3 is 14.6 Å². The number of ether oxygens (including phenoxy) is 2. The van der Waals surface area contributed by atoms with Gasteiger partial charge in [-0.25, -0.2) is 0 Å². The first-order chi connectivity index (χ1) is 10.3. The molecule has 0 bridgehead atoms. The quantitative estimate of drug-likeness (QED) is 0.895. The summed E-state index contributed by atoms with van der Waals surface area (Å²) in [5.74, 6) is 0.886. The van der Waals surface area contributed by atoms with E-state index in [2.05, 4.69) is 17.0 Å². The van der Waals surface area contributed by atoms with Gasteiger partial charge in [0.25, 0.3) is 0 Å². The molecule has 1 aliphatic heterocycles. The lowest BCUT2D eigenvalue weighted by Gasteiger charge is -2.28. The summed E-state index contributed by atoms with van der Waals surface area (Å²) in [7, 11) is 0. The highest BCUT2D eigenvalue weighted by Crippen LogP contribution is 2.25. The molecule has 0 spiro atoms. The number of benzene rings is 1. The van der Waals surface area contributed by atoms with E-state index < -0.39 is 6.10 Å². The van der Waals surface area contributed by atoms with Gasteiger partial charge in [0.15, 0.2) is 0 Å². The number of aryl methyl sites for hydroxylation is 2. The minimum absolute atomic E-state index is 0.357. The maximum Gasteiger partial charge on any atom is 0.119 e. The molecule has 1 atom stereocenters. The maximum absolute atomic E-state index is 10.1. The molecule has 1 unspecified atom stereocenters. The summed E-state index contributed by atoms with van der Waals surface area (Å²) < 4.78 is 11.1. The molecule has 4 heteroatoms. The van der Waals surface area contributed by atoms with Crippen LogP contribution in [0.2, 0.25) is 0 Å². The Morgan fingerprint density at radius 3 is 2.71 bits per heavy atom. The number of morpholine rings is 1. The fourth-order valence-electron chi connectivity index (χ4n) is 3.13.